The molecule has 602 valence electrons. The summed E-state index contributed by atoms with van der Waals surface area (Å²) < 4.78 is 76.7. The molecule has 5 saturated heterocycles. The Morgan fingerprint density at radius 2 is 0.748 bits per heavy atom. The highest BCUT2D eigenvalue weighted by atomic mass is 32.2. The zero-order valence-electron chi connectivity index (χ0n) is 67.5. The van der Waals surface area contributed by atoms with E-state index in [-0.39, 0.29) is 34.7 Å². The molecule has 0 spiro atoms. The van der Waals surface area contributed by atoms with Crippen LogP contribution in [0, 0.1) is 0 Å². The van der Waals surface area contributed by atoms with Gasteiger partial charge in [0.15, 0.2) is 0 Å². The van der Waals surface area contributed by atoms with Gasteiger partial charge < -0.3 is 60.1 Å². The van der Waals surface area contributed by atoms with Gasteiger partial charge in [0.25, 0.3) is 0 Å². The molecule has 0 saturated carbocycles. The van der Waals surface area contributed by atoms with Crippen molar-refractivity contribution >= 4 is 96.4 Å². The first-order valence-corrected chi connectivity index (χ1v) is 44.9. The molecule has 6 atom stereocenters. The van der Waals surface area contributed by atoms with Gasteiger partial charge in [0.05, 0.1) is 18.8 Å². The normalized spacial score (nSPS) is 21.5. The van der Waals surface area contributed by atoms with Gasteiger partial charge in [-0.2, -0.15) is 8.61 Å². The Morgan fingerprint density at radius 1 is 0.414 bits per heavy atom. The summed E-state index contributed by atoms with van der Waals surface area (Å²) in [4.78, 5) is 50.8. The van der Waals surface area contributed by atoms with Crippen LogP contribution in [0.1, 0.15) is 124 Å². The third-order valence-electron chi connectivity index (χ3n) is 23.8. The van der Waals surface area contributed by atoms with E-state index in [0.717, 1.165) is 127 Å². The van der Waals surface area contributed by atoms with Gasteiger partial charge in [-0.05, 0) is 196 Å². The molecule has 0 aliphatic carbocycles. The number of sulfonamides is 3. The van der Waals surface area contributed by atoms with Crippen LogP contribution in [0.4, 0.5) is 0 Å². The standard InChI is InChI=1S/C18H25N3O.2C17H25N3O2S.C17H23N3O.C16H23N3O2S/c1-14(22)21-10-8-18(9-11-21,13-20(2)3)16-12-19-17-7-5-4-6-15(16)17;1-19(2)13-17(8-10-20(11-9-17)23(3,21)22)15-12-18-16-7-5-4-6-14(15)16;1-19(2)12-14-10-13(8-9-20(14)23(3,21)22)16-11-18-17-7-5-4-6-15(16)17;1-12(21)20-8-7-13(9-14(20)10-18-2)16-11-19-17-6-4-3-5-15(16)17;1-17-10-13-9-12(7-8-19(13)22(2,20)21)15-11-18-16-6-4-3-5-14(15)16/h4-7,12,19H,8-11,13H2,1-3H3;4-7,12,18H,8-11,13H2,1-3H3;4-7,11,13-14,18H,8-10,12H2,1-3H3;3-6,11,13-14,18-19H,7-10H2,1-2H3;3-6,11-13,17-18H,7-10H2,1-2H3. The molecule has 10 aromatic rings. The van der Waals surface area contributed by atoms with E-state index in [1.807, 2.05) is 56.2 Å². The molecule has 26 heteroatoms. The average molecular weight is 1580 g/mol. The molecule has 7 N–H and O–H groups in total. The first-order valence-electron chi connectivity index (χ1n) is 39.4. The lowest BCUT2D eigenvalue weighted by Gasteiger charge is -2.43. The zero-order chi connectivity index (χ0) is 79.6. The van der Waals surface area contributed by atoms with Crippen LogP contribution in [-0.4, -0.2) is 271 Å². The number of hydrogen-bond acceptors (Lipinski definition) is 13. The van der Waals surface area contributed by atoms with Crippen LogP contribution in [0.2, 0.25) is 0 Å². The van der Waals surface area contributed by atoms with Gasteiger partial charge in [-0.3, -0.25) is 9.59 Å². The molecule has 10 heterocycles. The lowest BCUT2D eigenvalue weighted by molar-refractivity contribution is -0.132. The first kappa shape index (κ1) is 84.2. The summed E-state index contributed by atoms with van der Waals surface area (Å²) in [6.45, 7) is 12.5. The molecule has 5 aliphatic heterocycles. The smallest absolute Gasteiger partial charge is 0.219 e. The Hall–Kier alpha value is -7.73. The quantitative estimate of drug-likeness (QED) is 0.0422. The molecule has 2 amide bonds. The Bertz CT molecular complexity index is 5090. The molecule has 111 heavy (non-hydrogen) atoms. The number of H-pyrrole nitrogens is 5. The van der Waals surface area contributed by atoms with Crippen molar-refractivity contribution in [3.8, 4) is 0 Å². The molecule has 5 fully saturated rings. The fraction of sp³-hybridized carbons (Fsp3) is 0.506. The number of carbonyl (C=O) groups excluding carboxylic acids is 2. The number of hydrogen-bond donors (Lipinski definition) is 7. The number of amides is 2. The summed E-state index contributed by atoms with van der Waals surface area (Å²) in [5, 5.41) is 12.8. The van der Waals surface area contributed by atoms with E-state index in [0.29, 0.717) is 56.5 Å². The van der Waals surface area contributed by atoms with E-state index in [9.17, 15) is 34.8 Å². The van der Waals surface area contributed by atoms with E-state index < -0.39 is 30.1 Å². The van der Waals surface area contributed by atoms with E-state index in [1.165, 1.54) is 84.5 Å². The molecule has 23 nitrogen and oxygen atoms in total. The molecule has 0 radical (unpaired) electrons. The topological polar surface area (TPSA) is 265 Å². The Morgan fingerprint density at radius 3 is 1.11 bits per heavy atom. The second kappa shape index (κ2) is 36.6. The number of carbonyl (C=O) groups is 2. The third kappa shape index (κ3) is 20.3. The number of aromatic amines is 5. The summed E-state index contributed by atoms with van der Waals surface area (Å²) in [5.41, 5.74) is 12.7. The monoisotopic (exact) mass is 1580 g/mol. The highest BCUT2D eigenvalue weighted by Gasteiger charge is 2.43. The number of nitrogens with one attached hydrogen (secondary N) is 7. The van der Waals surface area contributed by atoms with Crippen molar-refractivity contribution in [2.24, 2.45) is 0 Å². The molecule has 5 aromatic heterocycles. The lowest BCUT2D eigenvalue weighted by Crippen LogP contribution is -2.49. The SMILES string of the molecule is CC(=O)N1CCC(CN(C)C)(c2c[nH]c3ccccc23)CC1.CN(C)CC1(c2c[nH]c3ccccc23)CCN(S(C)(=O)=O)CC1.CN(C)CC1CC(c2c[nH]c3ccccc23)CCN1S(C)(=O)=O.CNCC1CC(c2c[nH]c3ccccc23)CCN1C(C)=O.CNCC1CC(c2c[nH]c3ccccc23)CCN1S(C)(=O)=O. The minimum atomic E-state index is -3.16. The van der Waals surface area contributed by atoms with E-state index in [4.69, 9.17) is 0 Å². The largest absolute Gasteiger partial charge is 0.361 e. The van der Waals surface area contributed by atoms with Crippen LogP contribution < -0.4 is 10.6 Å². The van der Waals surface area contributed by atoms with Crippen molar-refractivity contribution in [3.63, 3.8) is 0 Å². The van der Waals surface area contributed by atoms with Gasteiger partial charge in [-0.1, -0.05) is 91.0 Å². The van der Waals surface area contributed by atoms with E-state index >= 15 is 0 Å². The molecular formula is C85H121N15O8S3. The molecular weight excluding hydrogens is 1460 g/mol. The molecule has 5 aliphatic rings. The first-order chi connectivity index (χ1) is 52.9. The minimum Gasteiger partial charge on any atom is -0.361 e. The second-order valence-electron chi connectivity index (χ2n) is 32.5. The number of para-hydroxylation sites is 5. The second-order valence-corrected chi connectivity index (χ2v) is 38.4. The number of likely N-dealkylation sites (N-methyl/N-ethyl adjacent to an activating group) is 5. The van der Waals surface area contributed by atoms with Crippen LogP contribution in [0.25, 0.3) is 54.5 Å². The maximum absolute atomic E-state index is 12.1. The summed E-state index contributed by atoms with van der Waals surface area (Å²) in [5.74, 6) is 1.70. The van der Waals surface area contributed by atoms with E-state index in [2.05, 4.69) is 213 Å². The van der Waals surface area contributed by atoms with Gasteiger partial charge in [0.2, 0.25) is 41.9 Å². The van der Waals surface area contributed by atoms with Crippen molar-refractivity contribution in [3.05, 3.63) is 180 Å². The fourth-order valence-electron chi connectivity index (χ4n) is 18.7. The van der Waals surface area contributed by atoms with Gasteiger partial charge in [0, 0.05) is 207 Å². The Balaban J connectivity index is 0.000000137. The number of piperidine rings is 5. The molecule has 0 bridgehead atoms. The Kier molecular flexibility index (Phi) is 27.8. The van der Waals surface area contributed by atoms with Crippen LogP contribution in [0.3, 0.4) is 0 Å². The summed E-state index contributed by atoms with van der Waals surface area (Å²) in [6, 6.07) is 42.3. The number of fused-ring (bicyclic) bond motifs is 5. The number of benzene rings is 5. The minimum absolute atomic E-state index is 0.00963. The molecule has 5 aromatic carbocycles. The van der Waals surface area contributed by atoms with Gasteiger partial charge in [-0.15, -0.1) is 0 Å². The maximum Gasteiger partial charge on any atom is 0.219 e. The van der Waals surface area contributed by atoms with Crippen LogP contribution in [0.15, 0.2) is 152 Å². The van der Waals surface area contributed by atoms with Crippen molar-refractivity contribution in [2.45, 2.75) is 125 Å². The summed E-state index contributed by atoms with van der Waals surface area (Å²) in [7, 11) is 6.84. The molecule has 15 rings (SSSR count). The third-order valence-corrected chi connectivity index (χ3v) is 27.8. The fourth-order valence-corrected chi connectivity index (χ4v) is 21.8. The number of rotatable bonds is 18. The zero-order valence-corrected chi connectivity index (χ0v) is 70.0. The van der Waals surface area contributed by atoms with E-state index in [1.54, 1.807) is 26.8 Å². The van der Waals surface area contributed by atoms with Gasteiger partial charge in [0.1, 0.15) is 0 Å². The summed E-state index contributed by atoms with van der Waals surface area (Å²) in [6.07, 6.45) is 23.8. The number of likely N-dealkylation sites (tertiary alicyclic amines) is 2. The van der Waals surface area contributed by atoms with Crippen molar-refractivity contribution in [1.29, 1.82) is 0 Å². The van der Waals surface area contributed by atoms with Gasteiger partial charge in [-0.25, -0.2) is 29.6 Å². The van der Waals surface area contributed by atoms with Crippen molar-refractivity contribution in [2.75, 3.05) is 154 Å². The maximum atomic E-state index is 12.1. The Labute approximate surface area is 658 Å². The highest BCUT2D eigenvalue weighted by Crippen LogP contribution is 2.44. The highest BCUT2D eigenvalue weighted by molar-refractivity contribution is 7.88. The average Bonchev–Trinajstić information content (AvgIpc) is 1.63. The number of aromatic nitrogens is 5. The van der Waals surface area contributed by atoms with Crippen molar-refractivity contribution < 1.29 is 34.8 Å². The van der Waals surface area contributed by atoms with Crippen LogP contribution in [0.5, 0.6) is 0 Å². The van der Waals surface area contributed by atoms with Crippen molar-refractivity contribution in [1.82, 2.24) is 73.0 Å². The molecule has 6 unspecified atom stereocenters. The summed E-state index contributed by atoms with van der Waals surface area (Å²) >= 11 is 0. The van der Waals surface area contributed by atoms with Crippen LogP contribution in [-0.2, 0) is 50.5 Å². The number of nitrogens with zero attached hydrogens (tertiary/aromatic N) is 8. The van der Waals surface area contributed by atoms with Crippen LogP contribution >= 0.6 is 0 Å². The lowest BCUT2D eigenvalue weighted by atomic mass is 9.72. The predicted octanol–water partition coefficient (Wildman–Crippen LogP) is 11.2. The predicted molar refractivity (Wildman–Crippen MR) is 453 cm³/mol. The van der Waals surface area contributed by atoms with Gasteiger partial charge >= 0.3 is 0 Å².